The summed E-state index contributed by atoms with van der Waals surface area (Å²) < 4.78 is 13.0. The van der Waals surface area contributed by atoms with Gasteiger partial charge in [0.25, 0.3) is 0 Å². The highest BCUT2D eigenvalue weighted by Crippen LogP contribution is 2.06. The number of hydrogen-bond donors (Lipinski definition) is 0. The van der Waals surface area contributed by atoms with Crippen LogP contribution in [0.15, 0.2) is 24.3 Å². The molecule has 0 amide bonds. The topological polar surface area (TPSA) is 27.0 Å². The van der Waals surface area contributed by atoms with Crippen LogP contribution in [0.4, 0.5) is 4.39 Å². The number of rotatable bonds is 3. The third kappa shape index (κ3) is 2.75. The Morgan fingerprint density at radius 2 is 2.15 bits per heavy atom. The zero-order valence-corrected chi connectivity index (χ0v) is 7.50. The van der Waals surface area contributed by atoms with Gasteiger partial charge in [0.05, 0.1) is 0 Å². The Balaban J connectivity index is 2.56. The average molecular weight is 178 g/mol. The molecule has 0 heterocycles. The van der Waals surface area contributed by atoms with E-state index in [1.165, 1.54) is 11.0 Å². The average Bonchev–Trinajstić information content (AvgIpc) is 2.16. The van der Waals surface area contributed by atoms with Crippen molar-refractivity contribution in [2.45, 2.75) is 6.42 Å². The normalized spacial score (nSPS) is 9.31. The lowest BCUT2D eigenvalue weighted by molar-refractivity contribution is 0.472. The first-order valence-corrected chi connectivity index (χ1v) is 4.08. The summed E-state index contributed by atoms with van der Waals surface area (Å²) in [6, 6.07) is 6.62. The van der Waals surface area contributed by atoms with E-state index in [1.54, 1.807) is 25.2 Å². The second kappa shape index (κ2) is 4.46. The second-order valence-corrected chi connectivity index (χ2v) is 2.86. The predicted octanol–water partition coefficient (Wildman–Crippen LogP) is 1.78. The smallest absolute Gasteiger partial charge is 0.179 e. The standard InChI is InChI=1S/C10H11FN2/c1-13(8-12)7-6-9-4-2-3-5-10(9)11/h2-5H,6-7H2,1H3. The van der Waals surface area contributed by atoms with E-state index in [-0.39, 0.29) is 5.82 Å². The van der Waals surface area contributed by atoms with Gasteiger partial charge in [-0.1, -0.05) is 18.2 Å². The van der Waals surface area contributed by atoms with Crippen molar-refractivity contribution in [3.8, 4) is 6.19 Å². The fraction of sp³-hybridized carbons (Fsp3) is 0.300. The Hall–Kier alpha value is -1.56. The van der Waals surface area contributed by atoms with Crippen LogP contribution in [0.25, 0.3) is 0 Å². The van der Waals surface area contributed by atoms with Crippen LogP contribution >= 0.6 is 0 Å². The first-order valence-electron chi connectivity index (χ1n) is 4.08. The maximum Gasteiger partial charge on any atom is 0.179 e. The van der Waals surface area contributed by atoms with Crippen molar-refractivity contribution in [2.24, 2.45) is 0 Å². The number of hydrogen-bond acceptors (Lipinski definition) is 2. The molecule has 3 heteroatoms. The zero-order chi connectivity index (χ0) is 9.68. The molecule has 0 spiro atoms. The molecule has 0 unspecified atom stereocenters. The largest absolute Gasteiger partial charge is 0.313 e. The lowest BCUT2D eigenvalue weighted by atomic mass is 10.1. The molecule has 68 valence electrons. The molecule has 0 aliphatic carbocycles. The van der Waals surface area contributed by atoms with Gasteiger partial charge >= 0.3 is 0 Å². The van der Waals surface area contributed by atoms with Gasteiger partial charge in [-0.3, -0.25) is 0 Å². The summed E-state index contributed by atoms with van der Waals surface area (Å²) >= 11 is 0. The summed E-state index contributed by atoms with van der Waals surface area (Å²) in [4.78, 5) is 1.48. The molecule has 0 saturated heterocycles. The molecule has 1 aromatic rings. The third-order valence-corrected chi connectivity index (χ3v) is 1.85. The van der Waals surface area contributed by atoms with Gasteiger partial charge in [0.2, 0.25) is 0 Å². The van der Waals surface area contributed by atoms with Crippen LogP contribution < -0.4 is 0 Å². The van der Waals surface area contributed by atoms with E-state index in [4.69, 9.17) is 5.26 Å². The van der Waals surface area contributed by atoms with Gasteiger partial charge in [-0.15, -0.1) is 0 Å². The number of likely N-dealkylation sites (N-methyl/N-ethyl adjacent to an activating group) is 1. The summed E-state index contributed by atoms with van der Waals surface area (Å²) in [6.45, 7) is 0.553. The van der Waals surface area contributed by atoms with Gasteiger partial charge in [-0.25, -0.2) is 4.39 Å². The summed E-state index contributed by atoms with van der Waals surface area (Å²) in [6.07, 6.45) is 2.53. The maximum absolute atomic E-state index is 13.0. The highest BCUT2D eigenvalue weighted by Gasteiger charge is 2.01. The van der Waals surface area contributed by atoms with Crippen molar-refractivity contribution in [3.05, 3.63) is 35.6 Å². The van der Waals surface area contributed by atoms with Crippen molar-refractivity contribution in [2.75, 3.05) is 13.6 Å². The molecule has 1 aromatic carbocycles. The fourth-order valence-electron chi connectivity index (χ4n) is 1.04. The molecule has 0 saturated carbocycles. The van der Waals surface area contributed by atoms with Crippen molar-refractivity contribution in [3.63, 3.8) is 0 Å². The minimum absolute atomic E-state index is 0.200. The van der Waals surface area contributed by atoms with Crippen LogP contribution in [0.1, 0.15) is 5.56 Å². The highest BCUT2D eigenvalue weighted by atomic mass is 19.1. The Morgan fingerprint density at radius 1 is 1.46 bits per heavy atom. The number of benzene rings is 1. The van der Waals surface area contributed by atoms with E-state index in [9.17, 15) is 4.39 Å². The van der Waals surface area contributed by atoms with E-state index in [0.29, 0.717) is 18.5 Å². The van der Waals surface area contributed by atoms with E-state index in [2.05, 4.69) is 0 Å². The molecule has 0 N–H and O–H groups in total. The minimum atomic E-state index is -0.200. The first kappa shape index (κ1) is 9.53. The number of nitriles is 1. The predicted molar refractivity (Wildman–Crippen MR) is 48.3 cm³/mol. The highest BCUT2D eigenvalue weighted by molar-refractivity contribution is 5.17. The van der Waals surface area contributed by atoms with Crippen molar-refractivity contribution < 1.29 is 4.39 Å². The van der Waals surface area contributed by atoms with E-state index >= 15 is 0 Å². The molecule has 0 fully saturated rings. The lowest BCUT2D eigenvalue weighted by Gasteiger charge is -2.08. The minimum Gasteiger partial charge on any atom is -0.313 e. The lowest BCUT2D eigenvalue weighted by Crippen LogP contribution is -2.15. The van der Waals surface area contributed by atoms with Gasteiger partial charge in [0.1, 0.15) is 5.82 Å². The van der Waals surface area contributed by atoms with Crippen LogP contribution in [0.2, 0.25) is 0 Å². The molecule has 0 aliphatic rings. The summed E-state index contributed by atoms with van der Waals surface area (Å²) in [7, 11) is 1.68. The molecule has 13 heavy (non-hydrogen) atoms. The van der Waals surface area contributed by atoms with Crippen LogP contribution in [-0.2, 0) is 6.42 Å². The van der Waals surface area contributed by atoms with Crippen LogP contribution in [0.5, 0.6) is 0 Å². The van der Waals surface area contributed by atoms with Crippen LogP contribution in [-0.4, -0.2) is 18.5 Å². The molecule has 0 aromatic heterocycles. The molecule has 2 nitrogen and oxygen atoms in total. The van der Waals surface area contributed by atoms with Crippen LogP contribution in [0, 0.1) is 17.3 Å². The Kier molecular flexibility index (Phi) is 3.27. The Morgan fingerprint density at radius 3 is 2.77 bits per heavy atom. The molecule has 0 bridgehead atoms. The quantitative estimate of drug-likeness (QED) is 0.521. The van der Waals surface area contributed by atoms with E-state index in [0.717, 1.165) is 0 Å². The molecular weight excluding hydrogens is 167 g/mol. The Labute approximate surface area is 77.2 Å². The third-order valence-electron chi connectivity index (χ3n) is 1.85. The van der Waals surface area contributed by atoms with Gasteiger partial charge < -0.3 is 4.90 Å². The van der Waals surface area contributed by atoms with Gasteiger partial charge in [0, 0.05) is 13.6 Å². The van der Waals surface area contributed by atoms with Crippen molar-refractivity contribution >= 4 is 0 Å². The number of halogens is 1. The molecule has 0 radical (unpaired) electrons. The molecule has 1 rings (SSSR count). The first-order chi connectivity index (χ1) is 6.24. The summed E-state index contributed by atoms with van der Waals surface area (Å²) in [5, 5.41) is 8.46. The summed E-state index contributed by atoms with van der Waals surface area (Å²) in [5.41, 5.74) is 0.657. The second-order valence-electron chi connectivity index (χ2n) is 2.86. The molecule has 0 atom stereocenters. The van der Waals surface area contributed by atoms with Gasteiger partial charge in [0.15, 0.2) is 6.19 Å². The van der Waals surface area contributed by atoms with E-state index < -0.39 is 0 Å². The molecule has 0 aliphatic heterocycles. The zero-order valence-electron chi connectivity index (χ0n) is 7.50. The molecular formula is C10H11FN2. The SMILES string of the molecule is CN(C#N)CCc1ccccc1F. The van der Waals surface area contributed by atoms with Crippen molar-refractivity contribution in [1.82, 2.24) is 4.90 Å². The van der Waals surface area contributed by atoms with Gasteiger partial charge in [-0.2, -0.15) is 5.26 Å². The van der Waals surface area contributed by atoms with Crippen LogP contribution in [0.3, 0.4) is 0 Å². The summed E-state index contributed by atoms with van der Waals surface area (Å²) in [5.74, 6) is -0.200. The monoisotopic (exact) mass is 178 g/mol. The van der Waals surface area contributed by atoms with Crippen molar-refractivity contribution in [1.29, 1.82) is 5.26 Å². The van der Waals surface area contributed by atoms with E-state index in [1.807, 2.05) is 6.19 Å². The Bertz CT molecular complexity index is 317. The maximum atomic E-state index is 13.0. The fourth-order valence-corrected chi connectivity index (χ4v) is 1.04. The van der Waals surface area contributed by atoms with Gasteiger partial charge in [-0.05, 0) is 18.1 Å². The number of nitrogens with zero attached hydrogens (tertiary/aromatic N) is 2.